The van der Waals surface area contributed by atoms with E-state index in [4.69, 9.17) is 13.9 Å². The molecule has 0 fully saturated rings. The molecule has 0 spiro atoms. The molecule has 122 valence electrons. The quantitative estimate of drug-likeness (QED) is 0.525. The first-order valence-electron chi connectivity index (χ1n) is 7.82. The minimum absolute atomic E-state index is 0.164. The van der Waals surface area contributed by atoms with Gasteiger partial charge in [0.05, 0.1) is 13.2 Å². The van der Waals surface area contributed by atoms with E-state index in [0.29, 0.717) is 24.7 Å². The molecular weight excluding hydrogens is 292 g/mol. The summed E-state index contributed by atoms with van der Waals surface area (Å²) in [5.74, 6) is 2.30. The molecule has 0 saturated heterocycles. The molecule has 0 unspecified atom stereocenters. The van der Waals surface area contributed by atoms with Gasteiger partial charge in [0.15, 0.2) is 17.3 Å². The molecule has 2 rings (SSSR count). The van der Waals surface area contributed by atoms with E-state index >= 15 is 0 Å². The Bertz CT molecular complexity index is 682. The molecule has 0 aliphatic rings. The van der Waals surface area contributed by atoms with Crippen molar-refractivity contribution < 1.29 is 18.7 Å². The Morgan fingerprint density at radius 2 is 1.96 bits per heavy atom. The molecule has 0 radical (unpaired) electrons. The van der Waals surface area contributed by atoms with E-state index in [0.717, 1.165) is 23.5 Å². The molecule has 2 aromatic rings. The number of rotatable bonds is 8. The first-order valence-corrected chi connectivity index (χ1v) is 7.82. The maximum atomic E-state index is 12.0. The largest absolute Gasteiger partial charge is 0.490 e. The Labute approximate surface area is 136 Å². The Morgan fingerprint density at radius 1 is 1.13 bits per heavy atom. The molecule has 0 amide bonds. The molecule has 0 atom stereocenters. The van der Waals surface area contributed by atoms with Crippen molar-refractivity contribution in [2.24, 2.45) is 0 Å². The molecule has 1 heterocycles. The van der Waals surface area contributed by atoms with Crippen molar-refractivity contribution >= 4 is 11.9 Å². The van der Waals surface area contributed by atoms with Gasteiger partial charge in [-0.1, -0.05) is 19.1 Å². The highest BCUT2D eigenvalue weighted by atomic mass is 16.5. The van der Waals surface area contributed by atoms with E-state index in [1.165, 1.54) is 6.08 Å². The highest BCUT2D eigenvalue weighted by Gasteiger charge is 2.08. The summed E-state index contributed by atoms with van der Waals surface area (Å²) in [5.41, 5.74) is 0.869. The summed E-state index contributed by atoms with van der Waals surface area (Å²) in [4.78, 5) is 12.0. The second-order valence-corrected chi connectivity index (χ2v) is 5.10. The van der Waals surface area contributed by atoms with Crippen molar-refractivity contribution in [3.63, 3.8) is 0 Å². The maximum Gasteiger partial charge on any atom is 0.221 e. The summed E-state index contributed by atoms with van der Waals surface area (Å²) in [6.45, 7) is 6.99. The van der Waals surface area contributed by atoms with E-state index < -0.39 is 0 Å². The molecule has 0 aliphatic heterocycles. The number of ether oxygens (including phenoxy) is 2. The Hall–Kier alpha value is -2.49. The monoisotopic (exact) mass is 314 g/mol. The molecule has 1 aromatic carbocycles. The van der Waals surface area contributed by atoms with Gasteiger partial charge in [0.25, 0.3) is 0 Å². The second-order valence-electron chi connectivity index (χ2n) is 5.10. The summed E-state index contributed by atoms with van der Waals surface area (Å²) in [6.07, 6.45) is 4.17. The summed E-state index contributed by atoms with van der Waals surface area (Å²) < 4.78 is 16.6. The van der Waals surface area contributed by atoms with E-state index in [1.807, 2.05) is 32.0 Å². The highest BCUT2D eigenvalue weighted by Crippen LogP contribution is 2.29. The van der Waals surface area contributed by atoms with Crippen LogP contribution in [0.15, 0.2) is 40.8 Å². The van der Waals surface area contributed by atoms with Crippen LogP contribution in [0.1, 0.15) is 42.1 Å². The van der Waals surface area contributed by atoms with Crippen LogP contribution in [0.4, 0.5) is 0 Å². The van der Waals surface area contributed by atoms with E-state index in [-0.39, 0.29) is 5.78 Å². The zero-order valence-corrected chi connectivity index (χ0v) is 13.8. The molecule has 0 saturated carbocycles. The number of carbonyl (C=O) groups is 1. The molecule has 0 aliphatic carbocycles. The lowest BCUT2D eigenvalue weighted by Crippen LogP contribution is -2.00. The summed E-state index contributed by atoms with van der Waals surface area (Å²) in [6, 6.07) is 9.07. The van der Waals surface area contributed by atoms with Gasteiger partial charge in [0.1, 0.15) is 5.76 Å². The van der Waals surface area contributed by atoms with Gasteiger partial charge >= 0.3 is 0 Å². The number of furan rings is 1. The van der Waals surface area contributed by atoms with Crippen LogP contribution in [0.5, 0.6) is 11.5 Å². The van der Waals surface area contributed by atoms with Crippen LogP contribution in [0.25, 0.3) is 6.08 Å². The first kappa shape index (κ1) is 16.9. The number of hydrogen-bond donors (Lipinski definition) is 0. The number of allylic oxidation sites excluding steroid dienone is 1. The van der Waals surface area contributed by atoms with Gasteiger partial charge in [-0.15, -0.1) is 0 Å². The average molecular weight is 314 g/mol. The van der Waals surface area contributed by atoms with Crippen LogP contribution in [0, 0.1) is 6.92 Å². The Morgan fingerprint density at radius 3 is 2.61 bits per heavy atom. The van der Waals surface area contributed by atoms with Gasteiger partial charge in [-0.2, -0.15) is 0 Å². The fourth-order valence-electron chi connectivity index (χ4n) is 2.05. The second kappa shape index (κ2) is 8.22. The third-order valence-corrected chi connectivity index (χ3v) is 3.14. The third-order valence-electron chi connectivity index (χ3n) is 3.14. The maximum absolute atomic E-state index is 12.0. The van der Waals surface area contributed by atoms with Crippen LogP contribution in [-0.2, 0) is 0 Å². The first-order chi connectivity index (χ1) is 11.1. The molecule has 23 heavy (non-hydrogen) atoms. The van der Waals surface area contributed by atoms with Crippen LogP contribution >= 0.6 is 0 Å². The zero-order chi connectivity index (χ0) is 16.7. The lowest BCUT2D eigenvalue weighted by molar-refractivity contribution is 0.102. The molecule has 4 heteroatoms. The van der Waals surface area contributed by atoms with Crippen LogP contribution in [0.2, 0.25) is 0 Å². The number of carbonyl (C=O) groups excluding carboxylic acids is 1. The van der Waals surface area contributed by atoms with Gasteiger partial charge in [0, 0.05) is 0 Å². The lowest BCUT2D eigenvalue weighted by Gasteiger charge is -2.11. The van der Waals surface area contributed by atoms with Crippen LogP contribution in [0.3, 0.4) is 0 Å². The van der Waals surface area contributed by atoms with Gasteiger partial charge < -0.3 is 13.9 Å². The van der Waals surface area contributed by atoms with Crippen LogP contribution < -0.4 is 9.47 Å². The van der Waals surface area contributed by atoms with Gasteiger partial charge in [-0.25, -0.2) is 0 Å². The molecular formula is C19H22O4. The minimum Gasteiger partial charge on any atom is -0.490 e. The number of benzene rings is 1. The SMILES string of the molecule is CCCOc1ccc(/C=C/C(=O)c2ccc(C)o2)cc1OCC. The van der Waals surface area contributed by atoms with Crippen molar-refractivity contribution in [2.75, 3.05) is 13.2 Å². The van der Waals surface area contributed by atoms with Gasteiger partial charge in [0.2, 0.25) is 5.78 Å². The van der Waals surface area contributed by atoms with Crippen molar-refractivity contribution in [3.8, 4) is 11.5 Å². The fraction of sp³-hybridized carbons (Fsp3) is 0.316. The zero-order valence-electron chi connectivity index (χ0n) is 13.8. The van der Waals surface area contributed by atoms with Gasteiger partial charge in [-0.3, -0.25) is 4.79 Å². The summed E-state index contributed by atoms with van der Waals surface area (Å²) in [7, 11) is 0. The highest BCUT2D eigenvalue weighted by molar-refractivity contribution is 6.04. The standard InChI is InChI=1S/C19H22O4/c1-4-12-22-18-11-8-15(13-19(18)21-5-2)7-9-16(20)17-10-6-14(3)23-17/h6-11,13H,4-5,12H2,1-3H3/b9-7+. The molecule has 1 aromatic heterocycles. The average Bonchev–Trinajstić information content (AvgIpc) is 2.98. The molecule has 0 bridgehead atoms. The Kier molecular flexibility index (Phi) is 6.03. The number of ketones is 1. The van der Waals surface area contributed by atoms with Crippen molar-refractivity contribution in [3.05, 3.63) is 53.5 Å². The number of aryl methyl sites for hydroxylation is 1. The summed E-state index contributed by atoms with van der Waals surface area (Å²) >= 11 is 0. The van der Waals surface area contributed by atoms with Crippen LogP contribution in [-0.4, -0.2) is 19.0 Å². The predicted molar refractivity (Wildman–Crippen MR) is 90.2 cm³/mol. The molecule has 0 N–H and O–H groups in total. The topological polar surface area (TPSA) is 48.7 Å². The van der Waals surface area contributed by atoms with Crippen molar-refractivity contribution in [1.29, 1.82) is 0 Å². The lowest BCUT2D eigenvalue weighted by atomic mass is 10.1. The third kappa shape index (κ3) is 4.74. The van der Waals surface area contributed by atoms with E-state index in [9.17, 15) is 4.79 Å². The number of hydrogen-bond acceptors (Lipinski definition) is 4. The fourth-order valence-corrected chi connectivity index (χ4v) is 2.05. The van der Waals surface area contributed by atoms with Gasteiger partial charge in [-0.05, 0) is 56.2 Å². The Balaban J connectivity index is 2.14. The van der Waals surface area contributed by atoms with E-state index in [1.54, 1.807) is 18.2 Å². The van der Waals surface area contributed by atoms with E-state index in [2.05, 4.69) is 6.92 Å². The smallest absolute Gasteiger partial charge is 0.221 e. The molecule has 4 nitrogen and oxygen atoms in total. The summed E-state index contributed by atoms with van der Waals surface area (Å²) in [5, 5.41) is 0. The normalized spacial score (nSPS) is 10.9. The predicted octanol–water partition coefficient (Wildman–Crippen LogP) is 4.67. The van der Waals surface area contributed by atoms with Crippen molar-refractivity contribution in [2.45, 2.75) is 27.2 Å². The minimum atomic E-state index is -0.164. The van der Waals surface area contributed by atoms with Crippen molar-refractivity contribution in [1.82, 2.24) is 0 Å².